The highest BCUT2D eigenvalue weighted by molar-refractivity contribution is 5.79. The van der Waals surface area contributed by atoms with E-state index < -0.39 is 18.1 Å². The van der Waals surface area contributed by atoms with E-state index in [2.05, 4.69) is 29.6 Å². The lowest BCUT2D eigenvalue weighted by Gasteiger charge is -2.23. The molecule has 2 aromatic carbocycles. The fourth-order valence-electron chi connectivity index (χ4n) is 4.38. The molecule has 4 rings (SSSR count). The van der Waals surface area contributed by atoms with E-state index in [0.29, 0.717) is 0 Å². The lowest BCUT2D eigenvalue weighted by molar-refractivity contribution is -0.138. The van der Waals surface area contributed by atoms with Crippen molar-refractivity contribution in [2.24, 2.45) is 0 Å². The Hall–Kier alpha value is -2.86. The number of carbonyl (C=O) groups excluding carboxylic acids is 1. The zero-order chi connectivity index (χ0) is 20.4. The summed E-state index contributed by atoms with van der Waals surface area (Å²) in [6.45, 7) is 2.15. The molecule has 2 unspecified atom stereocenters. The standard InChI is InChI=1S/C23H25NO5/c1-14-10-11-21(29-14)20(12-22(25)26)24-23(27)28-13-19-17-8-4-2-6-15(17)16-7-3-5-9-18(16)19/h2-9,14,19-21H,10-13H2,1H3,(H,24,27)(H,25,26)/t14?,20-,21?/m1/s1. The second kappa shape index (κ2) is 8.25. The lowest BCUT2D eigenvalue weighted by atomic mass is 9.98. The highest BCUT2D eigenvalue weighted by Crippen LogP contribution is 2.44. The van der Waals surface area contributed by atoms with Crippen LogP contribution < -0.4 is 5.32 Å². The third kappa shape index (κ3) is 4.12. The number of hydrogen-bond donors (Lipinski definition) is 2. The average Bonchev–Trinajstić information content (AvgIpc) is 3.27. The minimum atomic E-state index is -0.975. The van der Waals surface area contributed by atoms with Gasteiger partial charge in [0.2, 0.25) is 0 Å². The highest BCUT2D eigenvalue weighted by Gasteiger charge is 2.33. The Balaban J connectivity index is 1.43. The maximum atomic E-state index is 12.5. The van der Waals surface area contributed by atoms with Crippen molar-refractivity contribution in [2.45, 2.75) is 50.4 Å². The summed E-state index contributed by atoms with van der Waals surface area (Å²) in [6.07, 6.45) is 0.542. The van der Waals surface area contributed by atoms with Gasteiger partial charge in [-0.3, -0.25) is 4.79 Å². The Morgan fingerprint density at radius 3 is 2.28 bits per heavy atom. The predicted octanol–water partition coefficient (Wildman–Crippen LogP) is 3.94. The minimum Gasteiger partial charge on any atom is -0.481 e. The van der Waals surface area contributed by atoms with Crippen LogP contribution in [-0.2, 0) is 14.3 Å². The average molecular weight is 395 g/mol. The largest absolute Gasteiger partial charge is 0.481 e. The number of hydrogen-bond acceptors (Lipinski definition) is 4. The van der Waals surface area contributed by atoms with E-state index in [1.165, 1.54) is 0 Å². The van der Waals surface area contributed by atoms with Crippen molar-refractivity contribution in [1.82, 2.24) is 5.32 Å². The molecule has 3 atom stereocenters. The van der Waals surface area contributed by atoms with E-state index in [9.17, 15) is 14.7 Å². The summed E-state index contributed by atoms with van der Waals surface area (Å²) >= 11 is 0. The molecule has 0 radical (unpaired) electrons. The minimum absolute atomic E-state index is 0.0335. The SMILES string of the molecule is CC1CCC([C@@H](CC(=O)O)NC(=O)OCC2c3ccccc3-c3ccccc32)O1. The molecule has 0 spiro atoms. The van der Waals surface area contributed by atoms with Crippen LogP contribution in [0.5, 0.6) is 0 Å². The monoisotopic (exact) mass is 395 g/mol. The summed E-state index contributed by atoms with van der Waals surface area (Å²) in [5.74, 6) is -1.01. The van der Waals surface area contributed by atoms with Crippen molar-refractivity contribution < 1.29 is 24.2 Å². The summed E-state index contributed by atoms with van der Waals surface area (Å²) in [4.78, 5) is 23.7. The number of carboxylic acids is 1. The van der Waals surface area contributed by atoms with Crippen molar-refractivity contribution in [3.05, 3.63) is 59.7 Å². The molecule has 1 aliphatic heterocycles. The van der Waals surface area contributed by atoms with Gasteiger partial charge in [0.15, 0.2) is 0 Å². The van der Waals surface area contributed by atoms with Crippen LogP contribution in [0.25, 0.3) is 11.1 Å². The zero-order valence-electron chi connectivity index (χ0n) is 16.3. The molecule has 1 fully saturated rings. The molecule has 2 aliphatic rings. The second-order valence-electron chi connectivity index (χ2n) is 7.74. The fraction of sp³-hybridized carbons (Fsp3) is 0.391. The van der Waals surface area contributed by atoms with Gasteiger partial charge in [-0.25, -0.2) is 4.79 Å². The van der Waals surface area contributed by atoms with Gasteiger partial charge in [0.1, 0.15) is 6.61 Å². The molecule has 0 aromatic heterocycles. The smallest absolute Gasteiger partial charge is 0.407 e. The molecule has 6 nitrogen and oxygen atoms in total. The van der Waals surface area contributed by atoms with E-state index in [0.717, 1.165) is 35.1 Å². The number of aliphatic carboxylic acids is 1. The molecule has 29 heavy (non-hydrogen) atoms. The summed E-state index contributed by atoms with van der Waals surface area (Å²) in [5, 5.41) is 11.9. The van der Waals surface area contributed by atoms with Crippen LogP contribution >= 0.6 is 0 Å². The van der Waals surface area contributed by atoms with Gasteiger partial charge in [0.05, 0.1) is 24.7 Å². The zero-order valence-corrected chi connectivity index (χ0v) is 16.3. The Kier molecular flexibility index (Phi) is 5.53. The normalized spacial score (nSPS) is 21.3. The van der Waals surface area contributed by atoms with Gasteiger partial charge >= 0.3 is 12.1 Å². The Bertz CT molecular complexity index is 866. The maximum Gasteiger partial charge on any atom is 0.407 e. The second-order valence-corrected chi connectivity index (χ2v) is 7.74. The first-order chi connectivity index (χ1) is 14.0. The third-order valence-electron chi connectivity index (χ3n) is 5.76. The summed E-state index contributed by atoms with van der Waals surface area (Å²) in [5.41, 5.74) is 4.59. The summed E-state index contributed by atoms with van der Waals surface area (Å²) in [6, 6.07) is 15.7. The van der Waals surface area contributed by atoms with Crippen LogP contribution in [0, 0.1) is 0 Å². The van der Waals surface area contributed by atoms with Gasteiger partial charge in [0.25, 0.3) is 0 Å². The molecule has 2 aromatic rings. The number of carbonyl (C=O) groups is 2. The number of carboxylic acid groups (broad SMARTS) is 1. The number of ether oxygens (including phenoxy) is 2. The van der Waals surface area contributed by atoms with Crippen LogP contribution in [-0.4, -0.2) is 42.0 Å². The van der Waals surface area contributed by atoms with E-state index in [-0.39, 0.29) is 31.2 Å². The molecular formula is C23H25NO5. The number of benzene rings is 2. The van der Waals surface area contributed by atoms with E-state index >= 15 is 0 Å². The van der Waals surface area contributed by atoms with Gasteiger partial charge in [-0.2, -0.15) is 0 Å². The topological polar surface area (TPSA) is 84.9 Å². The summed E-state index contributed by atoms with van der Waals surface area (Å²) < 4.78 is 11.3. The number of amides is 1. The molecule has 2 N–H and O–H groups in total. The maximum absolute atomic E-state index is 12.5. The van der Waals surface area contributed by atoms with Crippen molar-refractivity contribution in [2.75, 3.05) is 6.61 Å². The lowest BCUT2D eigenvalue weighted by Crippen LogP contribution is -2.45. The van der Waals surface area contributed by atoms with Gasteiger partial charge < -0.3 is 19.9 Å². The molecule has 0 bridgehead atoms. The van der Waals surface area contributed by atoms with Crippen LogP contribution in [0.4, 0.5) is 4.79 Å². The predicted molar refractivity (Wildman–Crippen MR) is 108 cm³/mol. The Labute approximate surface area is 169 Å². The number of rotatable bonds is 6. The molecule has 0 saturated carbocycles. The summed E-state index contributed by atoms with van der Waals surface area (Å²) in [7, 11) is 0. The number of fused-ring (bicyclic) bond motifs is 3. The Morgan fingerprint density at radius 2 is 1.72 bits per heavy atom. The molecular weight excluding hydrogens is 370 g/mol. The fourth-order valence-corrected chi connectivity index (χ4v) is 4.38. The molecule has 1 saturated heterocycles. The van der Waals surface area contributed by atoms with Crippen LogP contribution in [0.1, 0.15) is 43.2 Å². The first-order valence-electron chi connectivity index (χ1n) is 10.0. The van der Waals surface area contributed by atoms with Gasteiger partial charge in [-0.15, -0.1) is 0 Å². The van der Waals surface area contributed by atoms with Crippen LogP contribution in [0.15, 0.2) is 48.5 Å². The Morgan fingerprint density at radius 1 is 1.10 bits per heavy atom. The molecule has 1 amide bonds. The van der Waals surface area contributed by atoms with Crippen molar-refractivity contribution in [1.29, 1.82) is 0 Å². The van der Waals surface area contributed by atoms with Gasteiger partial charge in [-0.05, 0) is 42.0 Å². The quantitative estimate of drug-likeness (QED) is 0.774. The molecule has 6 heteroatoms. The first kappa shape index (κ1) is 19.5. The molecule has 1 heterocycles. The van der Waals surface area contributed by atoms with Crippen molar-refractivity contribution >= 4 is 12.1 Å². The van der Waals surface area contributed by atoms with E-state index in [1.807, 2.05) is 31.2 Å². The number of alkyl carbamates (subject to hydrolysis) is 1. The molecule has 1 aliphatic carbocycles. The van der Waals surface area contributed by atoms with Crippen molar-refractivity contribution in [3.8, 4) is 11.1 Å². The number of nitrogens with one attached hydrogen (secondary N) is 1. The van der Waals surface area contributed by atoms with Crippen LogP contribution in [0.3, 0.4) is 0 Å². The van der Waals surface area contributed by atoms with E-state index in [4.69, 9.17) is 9.47 Å². The molecule has 152 valence electrons. The van der Waals surface area contributed by atoms with E-state index in [1.54, 1.807) is 0 Å². The highest BCUT2D eigenvalue weighted by atomic mass is 16.6. The van der Waals surface area contributed by atoms with Gasteiger partial charge in [0, 0.05) is 5.92 Å². The first-order valence-corrected chi connectivity index (χ1v) is 10.0. The van der Waals surface area contributed by atoms with Crippen LogP contribution in [0.2, 0.25) is 0 Å². The third-order valence-corrected chi connectivity index (χ3v) is 5.76. The van der Waals surface area contributed by atoms with Gasteiger partial charge in [-0.1, -0.05) is 48.5 Å². The van der Waals surface area contributed by atoms with Crippen molar-refractivity contribution in [3.63, 3.8) is 0 Å².